The van der Waals surface area contributed by atoms with E-state index in [4.69, 9.17) is 9.47 Å². The summed E-state index contributed by atoms with van der Waals surface area (Å²) in [6, 6.07) is 12.6. The predicted octanol–water partition coefficient (Wildman–Crippen LogP) is 4.47. The Morgan fingerprint density at radius 2 is 2.03 bits per heavy atom. The summed E-state index contributed by atoms with van der Waals surface area (Å²) in [4.78, 5) is 10.7. The maximum absolute atomic E-state index is 10.7. The molecule has 1 aliphatic rings. The van der Waals surface area contributed by atoms with Crippen molar-refractivity contribution < 1.29 is 14.6 Å². The van der Waals surface area contributed by atoms with Crippen LogP contribution in [-0.2, 0) is 13.1 Å². The molecule has 0 unspecified atom stereocenters. The zero-order chi connectivity index (χ0) is 20.5. The van der Waals surface area contributed by atoms with Gasteiger partial charge in [0.1, 0.15) is 6.61 Å². The third-order valence-corrected chi connectivity index (χ3v) is 6.22. The van der Waals surface area contributed by atoms with Gasteiger partial charge >= 0.3 is 6.01 Å². The Kier molecular flexibility index (Phi) is 4.98. The minimum atomic E-state index is 0.187. The maximum atomic E-state index is 10.7. The molecule has 1 N–H and O–H groups in total. The van der Waals surface area contributed by atoms with Crippen LogP contribution in [0, 0.1) is 0 Å². The van der Waals surface area contributed by atoms with E-state index in [0.29, 0.717) is 31.5 Å². The van der Waals surface area contributed by atoms with Crippen LogP contribution in [0.5, 0.6) is 17.5 Å². The number of aromatic nitrogens is 2. The van der Waals surface area contributed by atoms with Crippen LogP contribution in [0.4, 0.5) is 0 Å². The molecular weight excluding hydrogens is 398 g/mol. The van der Waals surface area contributed by atoms with Crippen LogP contribution in [0.15, 0.2) is 54.2 Å². The lowest BCUT2D eigenvalue weighted by Crippen LogP contribution is -2.25. The molecule has 0 amide bonds. The fourth-order valence-electron chi connectivity index (χ4n) is 3.83. The number of rotatable bonds is 4. The number of nitrogens with zero attached hydrogens (tertiary/aromatic N) is 3. The minimum absolute atomic E-state index is 0.187. The zero-order valence-corrected chi connectivity index (χ0v) is 17.4. The first-order valence-corrected chi connectivity index (χ1v) is 10.6. The predicted molar refractivity (Wildman–Crippen MR) is 117 cm³/mol. The van der Waals surface area contributed by atoms with E-state index in [1.807, 2.05) is 12.1 Å². The van der Waals surface area contributed by atoms with E-state index in [2.05, 4.69) is 38.4 Å². The number of aromatic hydroxyl groups is 1. The second-order valence-electron chi connectivity index (χ2n) is 7.27. The average molecular weight is 420 g/mol. The molecule has 0 atom stereocenters. The summed E-state index contributed by atoms with van der Waals surface area (Å²) in [6.07, 6.45) is 3.56. The lowest BCUT2D eigenvalue weighted by Gasteiger charge is -2.19. The molecule has 0 saturated heterocycles. The highest BCUT2D eigenvalue weighted by atomic mass is 32.1. The Labute approximate surface area is 178 Å². The van der Waals surface area contributed by atoms with Crippen molar-refractivity contribution >= 4 is 21.4 Å². The molecule has 0 spiro atoms. The van der Waals surface area contributed by atoms with Gasteiger partial charge in [-0.3, -0.25) is 4.90 Å². The lowest BCUT2D eigenvalue weighted by atomic mass is 10.0. The number of hydrogen-bond acceptors (Lipinski definition) is 7. The number of phenols is 1. The third-order valence-electron chi connectivity index (χ3n) is 5.26. The minimum Gasteiger partial charge on any atom is -0.504 e. The summed E-state index contributed by atoms with van der Waals surface area (Å²) in [6.45, 7) is 2.62. The Bertz CT molecular complexity index is 1190. The summed E-state index contributed by atoms with van der Waals surface area (Å²) < 4.78 is 12.2. The molecule has 0 radical (unpaired) electrons. The van der Waals surface area contributed by atoms with E-state index in [1.165, 1.54) is 10.1 Å². The molecule has 152 valence electrons. The zero-order valence-electron chi connectivity index (χ0n) is 16.5. The van der Waals surface area contributed by atoms with Crippen LogP contribution in [0.2, 0.25) is 0 Å². The Morgan fingerprint density at radius 1 is 1.20 bits per heavy atom. The molecule has 1 aliphatic heterocycles. The molecule has 0 aliphatic carbocycles. The number of hydrogen-bond donors (Lipinski definition) is 1. The van der Waals surface area contributed by atoms with Crippen molar-refractivity contribution in [3.05, 3.63) is 65.3 Å². The Balaban J connectivity index is 1.46. The van der Waals surface area contributed by atoms with Gasteiger partial charge < -0.3 is 14.6 Å². The molecule has 5 rings (SSSR count). The van der Waals surface area contributed by atoms with Gasteiger partial charge in [-0.15, -0.1) is 11.3 Å². The third kappa shape index (κ3) is 3.58. The van der Waals surface area contributed by atoms with E-state index in [-0.39, 0.29) is 5.75 Å². The molecule has 0 fully saturated rings. The molecule has 7 heteroatoms. The summed E-state index contributed by atoms with van der Waals surface area (Å²) in [5, 5.41) is 14.0. The van der Waals surface area contributed by atoms with Gasteiger partial charge in [0, 0.05) is 58.8 Å². The SMILES string of the molecule is COc1ncc(CN2CCOc3c(O)cc(-c4csc5ccccc45)cc3C2)cn1. The largest absolute Gasteiger partial charge is 0.504 e. The van der Waals surface area contributed by atoms with Gasteiger partial charge in [-0.25, -0.2) is 9.97 Å². The number of ether oxygens (including phenoxy) is 2. The summed E-state index contributed by atoms with van der Waals surface area (Å²) in [7, 11) is 1.55. The highest BCUT2D eigenvalue weighted by Gasteiger charge is 2.21. The number of phenolic OH excluding ortho intramolecular Hbond substituents is 1. The van der Waals surface area contributed by atoms with E-state index in [9.17, 15) is 5.11 Å². The summed E-state index contributed by atoms with van der Waals surface area (Å²) >= 11 is 1.71. The highest BCUT2D eigenvalue weighted by molar-refractivity contribution is 7.17. The van der Waals surface area contributed by atoms with Gasteiger partial charge in [-0.05, 0) is 29.1 Å². The van der Waals surface area contributed by atoms with Crippen molar-refractivity contribution in [3.8, 4) is 28.6 Å². The average Bonchev–Trinajstić information content (AvgIpc) is 3.09. The van der Waals surface area contributed by atoms with Gasteiger partial charge in [0.05, 0.1) is 7.11 Å². The molecule has 6 nitrogen and oxygen atoms in total. The Morgan fingerprint density at radius 3 is 2.87 bits per heavy atom. The van der Waals surface area contributed by atoms with Crippen LogP contribution < -0.4 is 9.47 Å². The van der Waals surface area contributed by atoms with Gasteiger partial charge in [0.2, 0.25) is 0 Å². The van der Waals surface area contributed by atoms with Crippen molar-refractivity contribution in [2.75, 3.05) is 20.3 Å². The first-order valence-electron chi connectivity index (χ1n) is 9.74. The molecule has 30 heavy (non-hydrogen) atoms. The van der Waals surface area contributed by atoms with E-state index in [0.717, 1.165) is 28.8 Å². The number of benzene rings is 2. The Hall–Kier alpha value is -3.16. The fourth-order valence-corrected chi connectivity index (χ4v) is 4.80. The monoisotopic (exact) mass is 419 g/mol. The second-order valence-corrected chi connectivity index (χ2v) is 8.18. The van der Waals surface area contributed by atoms with E-state index in [1.54, 1.807) is 36.9 Å². The molecule has 2 aromatic heterocycles. The summed E-state index contributed by atoms with van der Waals surface area (Å²) in [5.41, 5.74) is 4.12. The van der Waals surface area contributed by atoms with Crippen molar-refractivity contribution in [2.45, 2.75) is 13.1 Å². The second kappa shape index (κ2) is 7.93. The van der Waals surface area contributed by atoms with Gasteiger partial charge in [-0.1, -0.05) is 18.2 Å². The molecule has 0 bridgehead atoms. The lowest BCUT2D eigenvalue weighted by molar-refractivity contribution is 0.216. The number of methoxy groups -OCH3 is 1. The van der Waals surface area contributed by atoms with Gasteiger partial charge in [0.25, 0.3) is 0 Å². The molecular formula is C23H21N3O3S. The molecule has 3 heterocycles. The van der Waals surface area contributed by atoms with Crippen molar-refractivity contribution in [1.29, 1.82) is 0 Å². The smallest absolute Gasteiger partial charge is 0.316 e. The van der Waals surface area contributed by atoms with Gasteiger partial charge in [-0.2, -0.15) is 0 Å². The van der Waals surface area contributed by atoms with Crippen LogP contribution in [0.25, 0.3) is 21.2 Å². The quantitative estimate of drug-likeness (QED) is 0.527. The van der Waals surface area contributed by atoms with Crippen LogP contribution in [0.1, 0.15) is 11.1 Å². The summed E-state index contributed by atoms with van der Waals surface area (Å²) in [5.74, 6) is 0.763. The normalized spacial score (nSPS) is 14.2. The van der Waals surface area contributed by atoms with E-state index >= 15 is 0 Å². The van der Waals surface area contributed by atoms with Gasteiger partial charge in [0.15, 0.2) is 11.5 Å². The first kappa shape index (κ1) is 18.8. The maximum Gasteiger partial charge on any atom is 0.316 e. The van der Waals surface area contributed by atoms with Crippen LogP contribution in [-0.4, -0.2) is 40.2 Å². The van der Waals surface area contributed by atoms with Crippen molar-refractivity contribution in [3.63, 3.8) is 0 Å². The topological polar surface area (TPSA) is 67.7 Å². The van der Waals surface area contributed by atoms with Crippen molar-refractivity contribution in [1.82, 2.24) is 14.9 Å². The molecule has 4 aromatic rings. The van der Waals surface area contributed by atoms with Crippen molar-refractivity contribution in [2.24, 2.45) is 0 Å². The highest BCUT2D eigenvalue weighted by Crippen LogP contribution is 2.41. The molecule has 0 saturated carbocycles. The standard InChI is InChI=1S/C23H21N3O3S/c1-28-23-24-10-15(11-25-23)12-26-6-7-29-22-17(13-26)8-16(9-20(22)27)19-14-30-21-5-3-2-4-18(19)21/h2-5,8-11,14,27H,6-7,12-13H2,1H3. The molecule has 2 aromatic carbocycles. The first-order chi connectivity index (χ1) is 14.7. The van der Waals surface area contributed by atoms with Crippen LogP contribution in [0.3, 0.4) is 0 Å². The van der Waals surface area contributed by atoms with E-state index < -0.39 is 0 Å². The fraction of sp³-hybridized carbons (Fsp3) is 0.217. The number of fused-ring (bicyclic) bond motifs is 2. The number of thiophene rings is 1. The van der Waals surface area contributed by atoms with Crippen LogP contribution >= 0.6 is 11.3 Å².